The van der Waals surface area contributed by atoms with E-state index in [0.717, 1.165) is 12.1 Å². The van der Waals surface area contributed by atoms with Crippen molar-refractivity contribution in [2.75, 3.05) is 0 Å². The predicted molar refractivity (Wildman–Crippen MR) is 84.9 cm³/mol. The minimum atomic E-state index is -4.48. The normalized spacial score (nSPS) is 11.5. The summed E-state index contributed by atoms with van der Waals surface area (Å²) in [5, 5.41) is 10.3. The molecule has 128 valence electrons. The molecule has 0 fully saturated rings. The second-order valence-electron chi connectivity index (χ2n) is 5.37. The summed E-state index contributed by atoms with van der Waals surface area (Å²) < 4.78 is 44.0. The molecule has 0 spiro atoms. The van der Waals surface area contributed by atoms with Gasteiger partial charge in [-0.1, -0.05) is 18.2 Å². The number of rotatable bonds is 3. The van der Waals surface area contributed by atoms with Crippen molar-refractivity contribution >= 4 is 16.7 Å². The van der Waals surface area contributed by atoms with Gasteiger partial charge in [-0.3, -0.25) is 4.79 Å². The highest BCUT2D eigenvalue weighted by molar-refractivity contribution is 5.98. The number of ketones is 1. The predicted octanol–water partition coefficient (Wildman–Crippen LogP) is 4.95. The van der Waals surface area contributed by atoms with Gasteiger partial charge in [-0.25, -0.2) is 4.98 Å². The molecule has 25 heavy (non-hydrogen) atoms. The van der Waals surface area contributed by atoms with Crippen molar-refractivity contribution in [3.05, 3.63) is 59.8 Å². The highest BCUT2D eigenvalue weighted by Gasteiger charge is 2.30. The number of fused-ring (bicyclic) bond motifs is 1. The van der Waals surface area contributed by atoms with Crippen molar-refractivity contribution < 1.29 is 27.8 Å². The van der Waals surface area contributed by atoms with Crippen molar-refractivity contribution in [2.24, 2.45) is 0 Å². The Morgan fingerprint density at radius 2 is 1.84 bits per heavy atom. The number of hydrogen-bond donors (Lipinski definition) is 1. The van der Waals surface area contributed by atoms with Crippen LogP contribution < -0.4 is 4.74 Å². The Kier molecular flexibility index (Phi) is 4.08. The average Bonchev–Trinajstić information content (AvgIpc) is 2.53. The summed E-state index contributed by atoms with van der Waals surface area (Å²) >= 11 is 0. The van der Waals surface area contributed by atoms with Gasteiger partial charge in [0.05, 0.1) is 5.56 Å². The second kappa shape index (κ2) is 6.08. The Balaban J connectivity index is 2.08. The van der Waals surface area contributed by atoms with E-state index in [1.165, 1.54) is 31.2 Å². The van der Waals surface area contributed by atoms with E-state index in [2.05, 4.69) is 4.98 Å². The molecular weight excluding hydrogens is 335 g/mol. The average molecular weight is 347 g/mol. The third kappa shape index (κ3) is 3.40. The molecule has 4 nitrogen and oxygen atoms in total. The van der Waals surface area contributed by atoms with Gasteiger partial charge in [0.2, 0.25) is 0 Å². The third-order valence-corrected chi connectivity index (χ3v) is 3.51. The Hall–Kier alpha value is -3.09. The highest BCUT2D eigenvalue weighted by Crippen LogP contribution is 2.35. The van der Waals surface area contributed by atoms with Gasteiger partial charge in [0.25, 0.3) is 0 Å². The van der Waals surface area contributed by atoms with Crippen LogP contribution in [0.25, 0.3) is 10.9 Å². The van der Waals surface area contributed by atoms with E-state index in [1.807, 2.05) is 0 Å². The molecule has 0 aliphatic carbocycles. The first-order valence-corrected chi connectivity index (χ1v) is 7.24. The molecule has 1 aromatic heterocycles. The largest absolute Gasteiger partial charge is 0.506 e. The minimum Gasteiger partial charge on any atom is -0.506 e. The summed E-state index contributed by atoms with van der Waals surface area (Å²) in [6.45, 7) is 1.25. The molecule has 0 bridgehead atoms. The first kappa shape index (κ1) is 16.8. The van der Waals surface area contributed by atoms with Gasteiger partial charge in [-0.15, -0.1) is 0 Å². The Labute approximate surface area is 140 Å². The lowest BCUT2D eigenvalue weighted by Gasteiger charge is -2.12. The van der Waals surface area contributed by atoms with E-state index < -0.39 is 17.5 Å². The maximum atomic E-state index is 12.8. The van der Waals surface area contributed by atoms with E-state index in [-0.39, 0.29) is 28.5 Å². The molecule has 0 saturated carbocycles. The Bertz CT molecular complexity index is 967. The summed E-state index contributed by atoms with van der Waals surface area (Å²) in [7, 11) is 0. The number of carbonyl (C=O) groups is 1. The number of aromatic hydroxyl groups is 1. The van der Waals surface area contributed by atoms with Crippen molar-refractivity contribution in [3.8, 4) is 17.2 Å². The number of nitrogens with zero attached hydrogens (tertiary/aromatic N) is 1. The summed E-state index contributed by atoms with van der Waals surface area (Å²) in [5.41, 5.74) is -0.698. The topological polar surface area (TPSA) is 59.4 Å². The van der Waals surface area contributed by atoms with Gasteiger partial charge in [-0.2, -0.15) is 13.2 Å². The molecule has 2 aromatic carbocycles. The van der Waals surface area contributed by atoms with E-state index in [0.29, 0.717) is 5.39 Å². The zero-order valence-corrected chi connectivity index (χ0v) is 13.0. The maximum Gasteiger partial charge on any atom is 0.416 e. The van der Waals surface area contributed by atoms with Crippen LogP contribution in [0, 0.1) is 0 Å². The lowest BCUT2D eigenvalue weighted by Crippen LogP contribution is -2.04. The highest BCUT2D eigenvalue weighted by atomic mass is 19.4. The lowest BCUT2D eigenvalue weighted by molar-refractivity contribution is -0.137. The van der Waals surface area contributed by atoms with Crippen molar-refractivity contribution in [2.45, 2.75) is 13.1 Å². The molecule has 7 heteroatoms. The monoisotopic (exact) mass is 347 g/mol. The van der Waals surface area contributed by atoms with E-state index in [9.17, 15) is 23.1 Å². The number of carbonyl (C=O) groups excluding carboxylic acids is 1. The Morgan fingerprint density at radius 3 is 2.52 bits per heavy atom. The van der Waals surface area contributed by atoms with Crippen LogP contribution in [0.5, 0.6) is 17.2 Å². The van der Waals surface area contributed by atoms with Crippen molar-refractivity contribution in [1.82, 2.24) is 4.98 Å². The fourth-order valence-electron chi connectivity index (χ4n) is 2.36. The van der Waals surface area contributed by atoms with Crippen LogP contribution in [0.3, 0.4) is 0 Å². The van der Waals surface area contributed by atoms with Crippen LogP contribution in [-0.2, 0) is 6.18 Å². The SMILES string of the molecule is CC(=O)c1nc2c(Oc3cccc(C(F)(F)F)c3)cccc2cc1O. The summed E-state index contributed by atoms with van der Waals surface area (Å²) in [5.74, 6) is -0.537. The third-order valence-electron chi connectivity index (χ3n) is 3.51. The fourth-order valence-corrected chi connectivity index (χ4v) is 2.36. The molecule has 0 atom stereocenters. The van der Waals surface area contributed by atoms with Gasteiger partial charge < -0.3 is 9.84 Å². The summed E-state index contributed by atoms with van der Waals surface area (Å²) in [6, 6.07) is 10.6. The van der Waals surface area contributed by atoms with Gasteiger partial charge in [-0.05, 0) is 30.3 Å². The van der Waals surface area contributed by atoms with Gasteiger partial charge in [0.15, 0.2) is 11.5 Å². The molecule has 1 heterocycles. The first-order chi connectivity index (χ1) is 11.8. The standard InChI is InChI=1S/C18H12F3NO3/c1-10(23)16-14(24)8-11-4-2-7-15(17(11)22-16)25-13-6-3-5-12(9-13)18(19,20)21/h2-9,24H,1H3. The fraction of sp³-hybridized carbons (Fsp3) is 0.111. The number of benzene rings is 2. The van der Waals surface area contributed by atoms with Crippen LogP contribution in [0.1, 0.15) is 23.0 Å². The number of hydrogen-bond acceptors (Lipinski definition) is 4. The molecular formula is C18H12F3NO3. The van der Waals surface area contributed by atoms with Crippen LogP contribution in [0.4, 0.5) is 13.2 Å². The zero-order valence-electron chi connectivity index (χ0n) is 13.0. The van der Waals surface area contributed by atoms with E-state index in [4.69, 9.17) is 4.74 Å². The quantitative estimate of drug-likeness (QED) is 0.681. The van der Waals surface area contributed by atoms with Gasteiger partial charge >= 0.3 is 6.18 Å². The number of Topliss-reactive ketones (excluding diaryl/α,β-unsaturated/α-hetero) is 1. The number of pyridine rings is 1. The Morgan fingerprint density at radius 1 is 1.12 bits per heavy atom. The molecule has 0 amide bonds. The number of halogens is 3. The van der Waals surface area contributed by atoms with Crippen LogP contribution in [0.2, 0.25) is 0 Å². The lowest BCUT2D eigenvalue weighted by atomic mass is 10.1. The van der Waals surface area contributed by atoms with Gasteiger partial charge in [0, 0.05) is 12.3 Å². The van der Waals surface area contributed by atoms with Gasteiger partial charge in [0.1, 0.15) is 22.7 Å². The molecule has 0 saturated heterocycles. The summed E-state index contributed by atoms with van der Waals surface area (Å²) in [6.07, 6.45) is -4.48. The molecule has 3 rings (SSSR count). The molecule has 0 aliphatic rings. The molecule has 0 aliphatic heterocycles. The van der Waals surface area contributed by atoms with Crippen LogP contribution >= 0.6 is 0 Å². The van der Waals surface area contributed by atoms with Crippen LogP contribution in [0.15, 0.2) is 48.5 Å². The second-order valence-corrected chi connectivity index (χ2v) is 5.37. The first-order valence-electron chi connectivity index (χ1n) is 7.24. The maximum absolute atomic E-state index is 12.8. The molecule has 3 aromatic rings. The van der Waals surface area contributed by atoms with Crippen LogP contribution in [-0.4, -0.2) is 15.9 Å². The number of para-hydroxylation sites is 1. The number of aromatic nitrogens is 1. The smallest absolute Gasteiger partial charge is 0.416 e. The van der Waals surface area contributed by atoms with Crippen molar-refractivity contribution in [3.63, 3.8) is 0 Å². The van der Waals surface area contributed by atoms with E-state index >= 15 is 0 Å². The summed E-state index contributed by atoms with van der Waals surface area (Å²) in [4.78, 5) is 15.6. The molecule has 0 radical (unpaired) electrons. The minimum absolute atomic E-state index is 0.0124. The molecule has 1 N–H and O–H groups in total. The molecule has 0 unspecified atom stereocenters. The zero-order chi connectivity index (χ0) is 18.2. The van der Waals surface area contributed by atoms with E-state index in [1.54, 1.807) is 12.1 Å². The number of alkyl halides is 3. The number of ether oxygens (including phenoxy) is 1. The van der Waals surface area contributed by atoms with Crippen molar-refractivity contribution in [1.29, 1.82) is 0 Å².